The molecule has 16 heteroatoms. The van der Waals surface area contributed by atoms with E-state index in [1.165, 1.54) is 29.8 Å². The summed E-state index contributed by atoms with van der Waals surface area (Å²) < 4.78 is 56.2. The Balaban J connectivity index is 1.32. The van der Waals surface area contributed by atoms with Crippen LogP contribution in [-0.4, -0.2) is 76.9 Å². The summed E-state index contributed by atoms with van der Waals surface area (Å²) in [5.41, 5.74) is -0.634. The van der Waals surface area contributed by atoms with Gasteiger partial charge in [-0.25, -0.2) is 23.9 Å². The van der Waals surface area contributed by atoms with Gasteiger partial charge in [0, 0.05) is 35.6 Å². The largest absolute Gasteiger partial charge is 0.493 e. The van der Waals surface area contributed by atoms with Crippen molar-refractivity contribution in [2.45, 2.75) is 72.5 Å². The number of likely N-dealkylation sites (N-methyl/N-ethyl adjacent to an activating group) is 1. The van der Waals surface area contributed by atoms with Gasteiger partial charge in [0.05, 0.1) is 49.2 Å². The highest BCUT2D eigenvalue weighted by molar-refractivity contribution is 7.48. The van der Waals surface area contributed by atoms with Crippen molar-refractivity contribution < 1.29 is 36.8 Å². The number of rotatable bonds is 18. The molecule has 13 nitrogen and oxygen atoms in total. The number of hydrogen-bond donors (Lipinski definition) is 2. The molecule has 0 aliphatic carbocycles. The molecule has 1 amide bonds. The van der Waals surface area contributed by atoms with Crippen LogP contribution in [0.5, 0.6) is 11.5 Å². The lowest BCUT2D eigenvalue weighted by atomic mass is 10.2. The van der Waals surface area contributed by atoms with Crippen molar-refractivity contribution >= 4 is 52.6 Å². The fourth-order valence-corrected chi connectivity index (χ4v) is 7.42. The van der Waals surface area contributed by atoms with Gasteiger partial charge >= 0.3 is 7.82 Å². The maximum Gasteiger partial charge on any atom is 0.475 e. The van der Waals surface area contributed by atoms with Gasteiger partial charge in [-0.3, -0.25) is 18.4 Å². The van der Waals surface area contributed by atoms with Gasteiger partial charge in [0.25, 0.3) is 0 Å². The van der Waals surface area contributed by atoms with E-state index in [0.717, 1.165) is 13.1 Å². The molecule has 0 bridgehead atoms. The third-order valence-electron chi connectivity index (χ3n) is 6.93. The van der Waals surface area contributed by atoms with Crippen LogP contribution < -0.4 is 20.1 Å². The predicted octanol–water partition coefficient (Wildman–Crippen LogP) is 8.00. The standard InChI is InChI=1S/C35H48FN6O7PS/c1-9-42(16-18-47-50(44,48-34(2,3)4)49-35(5,6)7)15-12-17-46-30-21-28-25(20-29(30)45-8)32(39-23-38-28)41-33-37-22-24(51-33)19-31(43)40-27-14-11-10-13-26(27)36/h10-11,13-14,20-23H,9,12,15-19H2,1-8H3,(H,40,43)(H,37,38,39,41). The first-order chi connectivity index (χ1) is 24.1. The molecule has 2 aromatic heterocycles. The molecular weight excluding hydrogens is 698 g/mol. The number of thiazole rings is 1. The van der Waals surface area contributed by atoms with E-state index in [-0.39, 0.29) is 24.6 Å². The van der Waals surface area contributed by atoms with Gasteiger partial charge in [0.1, 0.15) is 18.0 Å². The van der Waals surface area contributed by atoms with Gasteiger partial charge < -0.3 is 25.0 Å². The van der Waals surface area contributed by atoms with Crippen molar-refractivity contribution in [3.8, 4) is 11.5 Å². The second-order valence-corrected chi connectivity index (χ2v) is 16.2. The van der Waals surface area contributed by atoms with Crippen LogP contribution in [0.15, 0.2) is 48.9 Å². The van der Waals surface area contributed by atoms with Gasteiger partial charge in [-0.2, -0.15) is 0 Å². The zero-order valence-electron chi connectivity index (χ0n) is 30.4. The third-order valence-corrected chi connectivity index (χ3v) is 9.89. The summed E-state index contributed by atoms with van der Waals surface area (Å²) in [5.74, 6) is 0.711. The number of nitrogens with zero attached hydrogens (tertiary/aromatic N) is 4. The van der Waals surface area contributed by atoms with E-state index in [0.29, 0.717) is 57.8 Å². The van der Waals surface area contributed by atoms with Crippen LogP contribution >= 0.6 is 19.2 Å². The van der Waals surface area contributed by atoms with Crippen LogP contribution in [0.2, 0.25) is 0 Å². The summed E-state index contributed by atoms with van der Waals surface area (Å²) in [5, 5.41) is 7.01. The van der Waals surface area contributed by atoms with Crippen LogP contribution in [0.1, 0.15) is 59.8 Å². The lowest BCUT2D eigenvalue weighted by Crippen LogP contribution is -2.30. The molecule has 2 heterocycles. The number of hydrogen-bond acceptors (Lipinski definition) is 13. The average Bonchev–Trinajstić information content (AvgIpc) is 3.47. The van der Waals surface area contributed by atoms with E-state index in [1.54, 1.807) is 37.6 Å². The number of methoxy groups -OCH3 is 1. The molecule has 0 saturated heterocycles. The second kappa shape index (κ2) is 17.7. The number of fused-ring (bicyclic) bond motifs is 1. The number of para-hydroxylation sites is 1. The minimum atomic E-state index is -3.78. The van der Waals surface area contributed by atoms with Crippen molar-refractivity contribution in [1.29, 1.82) is 0 Å². The number of benzene rings is 2. The summed E-state index contributed by atoms with van der Waals surface area (Å²) in [6, 6.07) is 9.61. The molecule has 2 N–H and O–H groups in total. The molecule has 0 radical (unpaired) electrons. The number of phosphoric acid groups is 1. The molecule has 0 fully saturated rings. The number of nitrogens with one attached hydrogen (secondary N) is 2. The van der Waals surface area contributed by atoms with Crippen molar-refractivity contribution in [2.75, 3.05) is 50.6 Å². The molecule has 0 aliphatic rings. The maximum atomic E-state index is 13.9. The summed E-state index contributed by atoms with van der Waals surface area (Å²) in [7, 11) is -2.21. The van der Waals surface area contributed by atoms with Gasteiger partial charge in [-0.15, -0.1) is 11.3 Å². The number of halogens is 1. The molecular formula is C35H48FN6O7PS. The van der Waals surface area contributed by atoms with Crippen LogP contribution in [0.25, 0.3) is 10.9 Å². The first-order valence-corrected chi connectivity index (χ1v) is 18.9. The summed E-state index contributed by atoms with van der Waals surface area (Å²) >= 11 is 1.29. The van der Waals surface area contributed by atoms with Crippen LogP contribution in [0.3, 0.4) is 0 Å². The van der Waals surface area contributed by atoms with E-state index in [2.05, 4.69) is 30.5 Å². The number of amides is 1. The Morgan fingerprint density at radius 2 is 1.71 bits per heavy atom. The lowest BCUT2D eigenvalue weighted by molar-refractivity contribution is -0.115. The minimum absolute atomic E-state index is 0.0391. The van der Waals surface area contributed by atoms with E-state index in [9.17, 15) is 13.8 Å². The van der Waals surface area contributed by atoms with Gasteiger partial charge in [0.15, 0.2) is 16.6 Å². The quantitative estimate of drug-likeness (QED) is 0.0751. The maximum absolute atomic E-state index is 13.9. The number of carbonyl (C=O) groups excluding carboxylic acids is 1. The average molecular weight is 747 g/mol. The highest BCUT2D eigenvalue weighted by Gasteiger charge is 2.37. The topological polar surface area (TPSA) is 146 Å². The number of phosphoric ester groups is 1. The molecule has 51 heavy (non-hydrogen) atoms. The SMILES string of the molecule is CCN(CCCOc1cc2ncnc(Nc3ncc(CC(=O)Nc4ccccc4F)s3)c2cc1OC)CCOP(=O)(OC(C)(C)C)OC(C)(C)C. The third kappa shape index (κ3) is 12.8. The minimum Gasteiger partial charge on any atom is -0.493 e. The first-order valence-electron chi connectivity index (χ1n) is 16.7. The van der Waals surface area contributed by atoms with E-state index in [1.807, 2.05) is 48.5 Å². The Kier molecular flexibility index (Phi) is 13.9. The van der Waals surface area contributed by atoms with Gasteiger partial charge in [-0.1, -0.05) is 19.1 Å². The monoisotopic (exact) mass is 746 g/mol. The second-order valence-electron chi connectivity index (χ2n) is 13.5. The molecule has 4 rings (SSSR count). The summed E-state index contributed by atoms with van der Waals surface area (Å²) in [6.07, 6.45) is 3.79. The molecule has 0 atom stereocenters. The number of carbonyl (C=O) groups is 1. The Bertz CT molecular complexity index is 1790. The fraction of sp³-hybridized carbons (Fsp3) is 0.486. The van der Waals surface area contributed by atoms with E-state index < -0.39 is 24.8 Å². The van der Waals surface area contributed by atoms with Crippen molar-refractivity contribution in [3.05, 3.63) is 59.6 Å². The molecule has 0 unspecified atom stereocenters. The normalized spacial score (nSPS) is 12.4. The van der Waals surface area contributed by atoms with Crippen molar-refractivity contribution in [3.63, 3.8) is 0 Å². The smallest absolute Gasteiger partial charge is 0.475 e. The molecule has 0 spiro atoms. The van der Waals surface area contributed by atoms with E-state index >= 15 is 0 Å². The van der Waals surface area contributed by atoms with Gasteiger partial charge in [0.2, 0.25) is 5.91 Å². The first kappa shape index (κ1) is 40.1. The molecule has 278 valence electrons. The predicted molar refractivity (Wildman–Crippen MR) is 198 cm³/mol. The van der Waals surface area contributed by atoms with E-state index in [4.69, 9.17) is 23.0 Å². The zero-order chi connectivity index (χ0) is 37.2. The number of ether oxygens (including phenoxy) is 2. The summed E-state index contributed by atoms with van der Waals surface area (Å²) in [4.78, 5) is 28.6. The Labute approximate surface area is 302 Å². The summed E-state index contributed by atoms with van der Waals surface area (Å²) in [6.45, 7) is 15.5. The van der Waals surface area contributed by atoms with Crippen molar-refractivity contribution in [2.24, 2.45) is 0 Å². The molecule has 4 aromatic rings. The Morgan fingerprint density at radius 3 is 2.37 bits per heavy atom. The zero-order valence-corrected chi connectivity index (χ0v) is 32.2. The fourth-order valence-electron chi connectivity index (χ4n) is 4.82. The highest BCUT2D eigenvalue weighted by Crippen LogP contribution is 2.55. The van der Waals surface area contributed by atoms with Gasteiger partial charge in [-0.05, 0) is 72.7 Å². The lowest BCUT2D eigenvalue weighted by Gasteiger charge is -2.31. The number of anilines is 3. The molecule has 0 aliphatic heterocycles. The number of aromatic nitrogens is 3. The van der Waals surface area contributed by atoms with Crippen LogP contribution in [-0.2, 0) is 29.4 Å². The highest BCUT2D eigenvalue weighted by atomic mass is 32.1. The Hall–Kier alpha value is -3.72. The molecule has 2 aromatic carbocycles. The van der Waals surface area contributed by atoms with Crippen LogP contribution in [0.4, 0.5) is 21.0 Å². The van der Waals surface area contributed by atoms with Crippen molar-refractivity contribution in [1.82, 2.24) is 19.9 Å². The Morgan fingerprint density at radius 1 is 0.980 bits per heavy atom. The molecule has 0 saturated carbocycles. The van der Waals surface area contributed by atoms with Crippen LogP contribution in [0, 0.1) is 5.82 Å².